The molecule has 3 nitrogen and oxygen atoms in total. The lowest BCUT2D eigenvalue weighted by atomic mass is 10.2. The fourth-order valence-electron chi connectivity index (χ4n) is 1.29. The molecule has 0 saturated carbocycles. The molecule has 0 fully saturated rings. The Balaban J connectivity index is 2.22. The van der Waals surface area contributed by atoms with E-state index in [4.69, 9.17) is 0 Å². The van der Waals surface area contributed by atoms with Gasteiger partial charge in [0.2, 0.25) is 0 Å². The van der Waals surface area contributed by atoms with Crippen LogP contribution in [0.3, 0.4) is 0 Å². The average Bonchev–Trinajstić information content (AvgIpc) is 2.35. The second kappa shape index (κ2) is 5.22. The molecule has 1 heterocycles. The number of nitrogens with one attached hydrogen (secondary N) is 1. The monoisotopic (exact) mass is 312 g/mol. The van der Waals surface area contributed by atoms with Crippen LogP contribution in [0.1, 0.15) is 10.4 Å². The molecule has 0 bridgehead atoms. The fourth-order valence-corrected chi connectivity index (χ4v) is 1.65. The molecule has 0 aliphatic heterocycles. The van der Waals surface area contributed by atoms with Crippen molar-refractivity contribution in [1.82, 2.24) is 4.98 Å². The molecule has 1 aromatic heterocycles. The molecular formula is C12H7BrF2N2O. The van der Waals surface area contributed by atoms with Crippen molar-refractivity contribution in [2.45, 2.75) is 0 Å². The summed E-state index contributed by atoms with van der Waals surface area (Å²) < 4.78 is 26.3. The van der Waals surface area contributed by atoms with E-state index in [2.05, 4.69) is 26.2 Å². The maximum absolute atomic E-state index is 13.0. The predicted octanol–water partition coefficient (Wildman–Crippen LogP) is 3.37. The molecule has 2 rings (SSSR count). The Morgan fingerprint density at radius 3 is 2.67 bits per heavy atom. The molecule has 1 N–H and O–H groups in total. The summed E-state index contributed by atoms with van der Waals surface area (Å²) in [5, 5.41) is 2.49. The van der Waals surface area contributed by atoms with Gasteiger partial charge >= 0.3 is 0 Å². The van der Waals surface area contributed by atoms with Crippen molar-refractivity contribution < 1.29 is 13.6 Å². The van der Waals surface area contributed by atoms with Crippen LogP contribution < -0.4 is 5.32 Å². The van der Waals surface area contributed by atoms with Crippen LogP contribution in [0, 0.1) is 11.6 Å². The Kier molecular flexibility index (Phi) is 3.66. The van der Waals surface area contributed by atoms with E-state index in [1.165, 1.54) is 12.3 Å². The highest BCUT2D eigenvalue weighted by Gasteiger charge is 2.11. The van der Waals surface area contributed by atoms with Gasteiger partial charge in [-0.3, -0.25) is 4.79 Å². The first kappa shape index (κ1) is 12.6. The minimum absolute atomic E-state index is 0.0199. The highest BCUT2D eigenvalue weighted by molar-refractivity contribution is 9.10. The number of carbonyl (C=O) groups excluding carboxylic acids is 1. The van der Waals surface area contributed by atoms with Crippen LogP contribution in [-0.2, 0) is 0 Å². The van der Waals surface area contributed by atoms with Crippen molar-refractivity contribution in [2.75, 3.05) is 5.32 Å². The lowest BCUT2D eigenvalue weighted by molar-refractivity contribution is 0.102. The number of halogens is 3. The maximum Gasteiger partial charge on any atom is 0.256 e. The zero-order chi connectivity index (χ0) is 13.1. The first-order valence-electron chi connectivity index (χ1n) is 4.95. The van der Waals surface area contributed by atoms with Crippen molar-refractivity contribution in [3.8, 4) is 0 Å². The molecule has 0 aliphatic rings. The number of amides is 1. The standard InChI is InChI=1S/C12H7BrF2N2O/c13-8-2-1-5-16-11(8)17-12(18)7-3-4-9(14)10(15)6-7/h1-6H,(H,16,17,18). The van der Waals surface area contributed by atoms with Gasteiger partial charge in [0.25, 0.3) is 5.91 Å². The number of anilines is 1. The van der Waals surface area contributed by atoms with Crippen LogP contribution in [-0.4, -0.2) is 10.9 Å². The number of nitrogens with zero attached hydrogens (tertiary/aromatic N) is 1. The van der Waals surface area contributed by atoms with Crippen molar-refractivity contribution in [1.29, 1.82) is 0 Å². The first-order chi connectivity index (χ1) is 8.58. The topological polar surface area (TPSA) is 42.0 Å². The van der Waals surface area contributed by atoms with E-state index in [0.29, 0.717) is 10.3 Å². The molecule has 0 radical (unpaired) electrons. The van der Waals surface area contributed by atoms with E-state index >= 15 is 0 Å². The van der Waals surface area contributed by atoms with Gasteiger partial charge in [-0.2, -0.15) is 0 Å². The van der Waals surface area contributed by atoms with Gasteiger partial charge in [0.1, 0.15) is 5.82 Å². The molecule has 2 aromatic rings. The van der Waals surface area contributed by atoms with E-state index in [-0.39, 0.29) is 5.56 Å². The number of pyridine rings is 1. The molecular weight excluding hydrogens is 306 g/mol. The maximum atomic E-state index is 13.0. The second-order valence-corrected chi connectivity index (χ2v) is 4.27. The van der Waals surface area contributed by atoms with Gasteiger partial charge in [0, 0.05) is 11.8 Å². The van der Waals surface area contributed by atoms with Gasteiger partial charge in [-0.15, -0.1) is 0 Å². The van der Waals surface area contributed by atoms with Gasteiger partial charge in [0.05, 0.1) is 4.47 Å². The molecule has 1 amide bonds. The molecule has 0 saturated heterocycles. The number of hydrogen-bond acceptors (Lipinski definition) is 2. The summed E-state index contributed by atoms with van der Waals surface area (Å²) >= 11 is 3.21. The molecule has 18 heavy (non-hydrogen) atoms. The van der Waals surface area contributed by atoms with E-state index < -0.39 is 17.5 Å². The summed E-state index contributed by atoms with van der Waals surface area (Å²) in [6, 6.07) is 6.33. The van der Waals surface area contributed by atoms with Crippen molar-refractivity contribution in [2.24, 2.45) is 0 Å². The van der Waals surface area contributed by atoms with E-state index in [1.807, 2.05) is 0 Å². The fraction of sp³-hybridized carbons (Fsp3) is 0. The number of benzene rings is 1. The molecule has 0 unspecified atom stereocenters. The predicted molar refractivity (Wildman–Crippen MR) is 66.2 cm³/mol. The minimum atomic E-state index is -1.07. The molecule has 0 atom stereocenters. The lowest BCUT2D eigenvalue weighted by Gasteiger charge is -2.06. The minimum Gasteiger partial charge on any atom is -0.306 e. The molecule has 0 aliphatic carbocycles. The van der Waals surface area contributed by atoms with Crippen LogP contribution in [0.2, 0.25) is 0 Å². The van der Waals surface area contributed by atoms with E-state index in [0.717, 1.165) is 12.1 Å². The SMILES string of the molecule is O=C(Nc1ncccc1Br)c1ccc(F)c(F)c1. The highest BCUT2D eigenvalue weighted by Crippen LogP contribution is 2.19. The quantitative estimate of drug-likeness (QED) is 0.923. The molecule has 6 heteroatoms. The van der Waals surface area contributed by atoms with Crippen LogP contribution in [0.25, 0.3) is 0 Å². The normalized spacial score (nSPS) is 10.2. The summed E-state index contributed by atoms with van der Waals surface area (Å²) in [4.78, 5) is 15.7. The highest BCUT2D eigenvalue weighted by atomic mass is 79.9. The zero-order valence-corrected chi connectivity index (χ0v) is 10.5. The third-order valence-electron chi connectivity index (χ3n) is 2.17. The van der Waals surface area contributed by atoms with Gasteiger partial charge in [-0.1, -0.05) is 0 Å². The molecule has 92 valence electrons. The molecule has 0 spiro atoms. The third-order valence-corrected chi connectivity index (χ3v) is 2.81. The number of carbonyl (C=O) groups is 1. The summed E-state index contributed by atoms with van der Waals surface area (Å²) in [6.45, 7) is 0. The third kappa shape index (κ3) is 2.70. The number of hydrogen-bond donors (Lipinski definition) is 1. The van der Waals surface area contributed by atoms with Gasteiger partial charge in [-0.05, 0) is 46.3 Å². The zero-order valence-electron chi connectivity index (χ0n) is 8.95. The van der Waals surface area contributed by atoms with Crippen molar-refractivity contribution in [3.05, 3.63) is 58.2 Å². The average molecular weight is 313 g/mol. The molecule has 1 aromatic carbocycles. The van der Waals surface area contributed by atoms with Crippen molar-refractivity contribution in [3.63, 3.8) is 0 Å². The largest absolute Gasteiger partial charge is 0.306 e. The smallest absolute Gasteiger partial charge is 0.256 e. The van der Waals surface area contributed by atoms with E-state index in [1.54, 1.807) is 12.1 Å². The van der Waals surface area contributed by atoms with Crippen LogP contribution in [0.5, 0.6) is 0 Å². The second-order valence-electron chi connectivity index (χ2n) is 3.42. The van der Waals surface area contributed by atoms with Crippen LogP contribution >= 0.6 is 15.9 Å². The Morgan fingerprint density at radius 1 is 1.22 bits per heavy atom. The summed E-state index contributed by atoms with van der Waals surface area (Å²) in [6.07, 6.45) is 1.51. The first-order valence-corrected chi connectivity index (χ1v) is 5.74. The van der Waals surface area contributed by atoms with Gasteiger partial charge in [-0.25, -0.2) is 13.8 Å². The number of rotatable bonds is 2. The van der Waals surface area contributed by atoms with Crippen molar-refractivity contribution >= 4 is 27.7 Å². The Labute approximate surface area is 110 Å². The summed E-state index contributed by atoms with van der Waals surface area (Å²) in [7, 11) is 0. The lowest BCUT2D eigenvalue weighted by Crippen LogP contribution is -2.13. The van der Waals surface area contributed by atoms with Gasteiger partial charge < -0.3 is 5.32 Å². The van der Waals surface area contributed by atoms with Crippen LogP contribution in [0.15, 0.2) is 41.0 Å². The number of aromatic nitrogens is 1. The summed E-state index contributed by atoms with van der Waals surface area (Å²) in [5.74, 6) is -2.31. The summed E-state index contributed by atoms with van der Waals surface area (Å²) in [5.41, 5.74) is 0.0199. The Hall–Kier alpha value is -1.82. The Bertz CT molecular complexity index is 604. The van der Waals surface area contributed by atoms with E-state index in [9.17, 15) is 13.6 Å². The van der Waals surface area contributed by atoms with Gasteiger partial charge in [0.15, 0.2) is 11.6 Å². The van der Waals surface area contributed by atoms with Crippen LogP contribution in [0.4, 0.5) is 14.6 Å². The Morgan fingerprint density at radius 2 is 2.00 bits per heavy atom.